The molecule has 0 radical (unpaired) electrons. The van der Waals surface area contributed by atoms with Gasteiger partial charge in [-0.25, -0.2) is 0 Å². The molecule has 0 unspecified atom stereocenters. The first kappa shape index (κ1) is 12.2. The summed E-state index contributed by atoms with van der Waals surface area (Å²) in [7, 11) is 0. The number of hydrogen-bond acceptors (Lipinski definition) is 2. The highest BCUT2D eigenvalue weighted by Crippen LogP contribution is 2.28. The molecule has 0 saturated heterocycles. The maximum absolute atomic E-state index is 5.97. The van der Waals surface area contributed by atoms with E-state index in [1.54, 1.807) is 0 Å². The van der Waals surface area contributed by atoms with E-state index < -0.39 is 0 Å². The Morgan fingerprint density at radius 3 is 2.53 bits per heavy atom. The summed E-state index contributed by atoms with van der Waals surface area (Å²) in [6, 6.07) is 4.86. The average molecular weight is 231 g/mol. The number of benzene rings is 1. The predicted octanol–water partition coefficient (Wildman–Crippen LogP) is 3.86. The summed E-state index contributed by atoms with van der Waals surface area (Å²) in [6.45, 7) is 11.5. The molecule has 0 atom stereocenters. The third kappa shape index (κ3) is 2.37. The van der Waals surface area contributed by atoms with Crippen LogP contribution in [0.2, 0.25) is 0 Å². The first-order chi connectivity index (χ1) is 7.99. The van der Waals surface area contributed by atoms with Crippen LogP contribution in [0.5, 0.6) is 0 Å². The zero-order valence-corrected chi connectivity index (χ0v) is 11.3. The molecule has 1 heterocycles. The van der Waals surface area contributed by atoms with Crippen molar-refractivity contribution >= 4 is 11.0 Å². The Balaban J connectivity index is 2.45. The Morgan fingerprint density at radius 1 is 1.18 bits per heavy atom. The van der Waals surface area contributed by atoms with Crippen molar-refractivity contribution in [1.29, 1.82) is 0 Å². The van der Waals surface area contributed by atoms with E-state index in [9.17, 15) is 0 Å². The van der Waals surface area contributed by atoms with Gasteiger partial charge in [0.1, 0.15) is 11.3 Å². The van der Waals surface area contributed by atoms with Gasteiger partial charge in [-0.2, -0.15) is 0 Å². The molecule has 17 heavy (non-hydrogen) atoms. The maximum atomic E-state index is 5.97. The van der Waals surface area contributed by atoms with Gasteiger partial charge in [0, 0.05) is 11.4 Å². The summed E-state index contributed by atoms with van der Waals surface area (Å²) in [6.07, 6.45) is 0. The number of rotatable bonds is 3. The third-order valence-electron chi connectivity index (χ3n) is 3.14. The van der Waals surface area contributed by atoms with E-state index in [0.717, 1.165) is 17.9 Å². The van der Waals surface area contributed by atoms with E-state index in [4.69, 9.17) is 4.42 Å². The van der Waals surface area contributed by atoms with Gasteiger partial charge in [0.25, 0.3) is 0 Å². The third-order valence-corrected chi connectivity index (χ3v) is 3.14. The minimum atomic E-state index is 0.477. The molecule has 2 heteroatoms. The van der Waals surface area contributed by atoms with Crippen LogP contribution in [0.1, 0.15) is 36.3 Å². The van der Waals surface area contributed by atoms with Crippen LogP contribution in [0.15, 0.2) is 16.5 Å². The van der Waals surface area contributed by atoms with Crippen LogP contribution in [0.4, 0.5) is 0 Å². The van der Waals surface area contributed by atoms with Gasteiger partial charge >= 0.3 is 0 Å². The number of nitrogens with one attached hydrogen (secondary N) is 1. The zero-order chi connectivity index (χ0) is 12.6. The molecule has 1 aromatic heterocycles. The van der Waals surface area contributed by atoms with Gasteiger partial charge in [0.05, 0.1) is 6.54 Å². The normalized spacial score (nSPS) is 11.6. The van der Waals surface area contributed by atoms with Crippen molar-refractivity contribution in [1.82, 2.24) is 5.32 Å². The second kappa shape index (κ2) is 4.53. The largest absolute Gasteiger partial charge is 0.459 e. The van der Waals surface area contributed by atoms with Crippen molar-refractivity contribution in [2.45, 2.75) is 47.2 Å². The van der Waals surface area contributed by atoms with E-state index in [1.165, 1.54) is 22.1 Å². The zero-order valence-electron chi connectivity index (χ0n) is 11.3. The Bertz CT molecular complexity index is 537. The highest BCUT2D eigenvalue weighted by molar-refractivity contribution is 5.85. The second-order valence-corrected chi connectivity index (χ2v) is 5.14. The van der Waals surface area contributed by atoms with E-state index in [0.29, 0.717) is 6.04 Å². The van der Waals surface area contributed by atoms with E-state index >= 15 is 0 Å². The first-order valence-corrected chi connectivity index (χ1v) is 6.21. The Hall–Kier alpha value is -1.28. The fourth-order valence-electron chi connectivity index (χ4n) is 2.18. The minimum Gasteiger partial charge on any atom is -0.459 e. The summed E-state index contributed by atoms with van der Waals surface area (Å²) >= 11 is 0. The molecule has 0 aliphatic carbocycles. The second-order valence-electron chi connectivity index (χ2n) is 5.14. The summed E-state index contributed by atoms with van der Waals surface area (Å²) in [5, 5.41) is 4.66. The van der Waals surface area contributed by atoms with Gasteiger partial charge in [-0.3, -0.25) is 0 Å². The molecular weight excluding hydrogens is 210 g/mol. The standard InChI is InChI=1S/C15H21NO/c1-9(2)16-8-14-12(5)13-7-10(3)6-11(4)15(13)17-14/h6-7,9,16H,8H2,1-5H3. The monoisotopic (exact) mass is 231 g/mol. The fraction of sp³-hybridized carbons (Fsp3) is 0.467. The summed E-state index contributed by atoms with van der Waals surface area (Å²) < 4.78 is 5.97. The van der Waals surface area contributed by atoms with Crippen LogP contribution in [-0.2, 0) is 6.54 Å². The van der Waals surface area contributed by atoms with Crippen LogP contribution in [-0.4, -0.2) is 6.04 Å². The lowest BCUT2D eigenvalue weighted by atomic mass is 10.1. The lowest BCUT2D eigenvalue weighted by Gasteiger charge is -2.05. The van der Waals surface area contributed by atoms with Crippen LogP contribution >= 0.6 is 0 Å². The maximum Gasteiger partial charge on any atom is 0.137 e. The van der Waals surface area contributed by atoms with Gasteiger partial charge in [-0.1, -0.05) is 19.9 Å². The molecule has 0 amide bonds. The smallest absolute Gasteiger partial charge is 0.137 e. The van der Waals surface area contributed by atoms with Gasteiger partial charge in [0.2, 0.25) is 0 Å². The Labute approximate surface area is 103 Å². The molecule has 0 bridgehead atoms. The van der Waals surface area contributed by atoms with Crippen LogP contribution < -0.4 is 5.32 Å². The molecule has 1 aromatic carbocycles. The summed E-state index contributed by atoms with van der Waals surface area (Å²) in [5.74, 6) is 1.06. The SMILES string of the molecule is Cc1cc(C)c2oc(CNC(C)C)c(C)c2c1. The van der Waals surface area contributed by atoms with E-state index in [1.807, 2.05) is 0 Å². The summed E-state index contributed by atoms with van der Waals surface area (Å²) in [5.41, 5.74) is 4.81. The number of hydrogen-bond donors (Lipinski definition) is 1. The predicted molar refractivity (Wildman–Crippen MR) is 72.4 cm³/mol. The first-order valence-electron chi connectivity index (χ1n) is 6.21. The topological polar surface area (TPSA) is 25.2 Å². The molecule has 2 aromatic rings. The van der Waals surface area contributed by atoms with Crippen molar-refractivity contribution in [2.24, 2.45) is 0 Å². The van der Waals surface area contributed by atoms with Crippen molar-refractivity contribution in [3.05, 3.63) is 34.6 Å². The highest BCUT2D eigenvalue weighted by Gasteiger charge is 2.12. The molecule has 2 nitrogen and oxygen atoms in total. The molecule has 0 fully saturated rings. The van der Waals surface area contributed by atoms with Gasteiger partial charge < -0.3 is 9.73 Å². The quantitative estimate of drug-likeness (QED) is 0.867. The Kier molecular flexibility index (Phi) is 3.25. The molecule has 2 rings (SSSR count). The Morgan fingerprint density at radius 2 is 1.88 bits per heavy atom. The molecular formula is C15H21NO. The van der Waals surface area contributed by atoms with Crippen LogP contribution in [0, 0.1) is 20.8 Å². The molecule has 0 aliphatic rings. The summed E-state index contributed by atoms with van der Waals surface area (Å²) in [4.78, 5) is 0. The lowest BCUT2D eigenvalue weighted by Crippen LogP contribution is -2.21. The molecule has 0 spiro atoms. The molecule has 1 N–H and O–H groups in total. The minimum absolute atomic E-state index is 0.477. The van der Waals surface area contributed by atoms with Gasteiger partial charge in [-0.05, 0) is 43.5 Å². The molecule has 0 saturated carbocycles. The van der Waals surface area contributed by atoms with Crippen LogP contribution in [0.25, 0.3) is 11.0 Å². The lowest BCUT2D eigenvalue weighted by molar-refractivity contribution is 0.484. The van der Waals surface area contributed by atoms with Gasteiger partial charge in [0.15, 0.2) is 0 Å². The fourth-order valence-corrected chi connectivity index (χ4v) is 2.18. The van der Waals surface area contributed by atoms with E-state index in [-0.39, 0.29) is 0 Å². The van der Waals surface area contributed by atoms with E-state index in [2.05, 4.69) is 52.1 Å². The number of furan rings is 1. The van der Waals surface area contributed by atoms with Crippen molar-refractivity contribution in [3.8, 4) is 0 Å². The number of fused-ring (bicyclic) bond motifs is 1. The van der Waals surface area contributed by atoms with Crippen molar-refractivity contribution < 1.29 is 4.42 Å². The molecule has 0 aliphatic heterocycles. The van der Waals surface area contributed by atoms with Gasteiger partial charge in [-0.15, -0.1) is 0 Å². The molecule has 92 valence electrons. The highest BCUT2D eigenvalue weighted by atomic mass is 16.3. The van der Waals surface area contributed by atoms with Crippen molar-refractivity contribution in [3.63, 3.8) is 0 Å². The number of aryl methyl sites for hydroxylation is 3. The van der Waals surface area contributed by atoms with Crippen molar-refractivity contribution in [2.75, 3.05) is 0 Å². The van der Waals surface area contributed by atoms with Crippen LogP contribution in [0.3, 0.4) is 0 Å². The average Bonchev–Trinajstić information content (AvgIpc) is 2.54.